The summed E-state index contributed by atoms with van der Waals surface area (Å²) in [5, 5.41) is 9.23. The monoisotopic (exact) mass is 273 g/mol. The van der Waals surface area contributed by atoms with Crippen molar-refractivity contribution in [3.63, 3.8) is 0 Å². The summed E-state index contributed by atoms with van der Waals surface area (Å²) in [6, 6.07) is 13.4. The van der Waals surface area contributed by atoms with E-state index in [1.165, 1.54) is 0 Å². The lowest BCUT2D eigenvalue weighted by Crippen LogP contribution is -2.07. The van der Waals surface area contributed by atoms with Gasteiger partial charge in [-0.15, -0.1) is 0 Å². The third-order valence-electron chi connectivity index (χ3n) is 2.78. The van der Waals surface area contributed by atoms with E-state index in [9.17, 15) is 5.11 Å². The number of nitrogens with zero attached hydrogens (tertiary/aromatic N) is 1. The third kappa shape index (κ3) is 4.24. The number of para-hydroxylation sites is 1. The van der Waals surface area contributed by atoms with Crippen LogP contribution in [0.2, 0.25) is 0 Å². The van der Waals surface area contributed by atoms with E-state index in [-0.39, 0.29) is 6.61 Å². The van der Waals surface area contributed by atoms with Crippen LogP contribution in [0.3, 0.4) is 0 Å². The van der Waals surface area contributed by atoms with Crippen LogP contribution in [0.5, 0.6) is 11.5 Å². The molecule has 0 spiro atoms. The standard InChI is InChI=1S/C16H19NO3/c1-13-8-9-16(15(12-18)17-13)20-11-5-10-19-14-6-3-2-4-7-14/h2-4,6-9,18H,5,10-12H2,1H3. The number of ether oxygens (including phenoxy) is 2. The molecule has 106 valence electrons. The van der Waals surface area contributed by atoms with Gasteiger partial charge in [0, 0.05) is 12.1 Å². The number of hydrogen-bond donors (Lipinski definition) is 1. The minimum atomic E-state index is -0.114. The number of aliphatic hydroxyl groups is 1. The van der Waals surface area contributed by atoms with Crippen LogP contribution in [-0.4, -0.2) is 23.3 Å². The molecular formula is C16H19NO3. The molecule has 0 bridgehead atoms. The van der Waals surface area contributed by atoms with Crippen LogP contribution in [0.1, 0.15) is 17.8 Å². The van der Waals surface area contributed by atoms with Crippen LogP contribution < -0.4 is 9.47 Å². The molecule has 0 atom stereocenters. The molecular weight excluding hydrogens is 254 g/mol. The Morgan fingerprint density at radius 2 is 1.75 bits per heavy atom. The fourth-order valence-electron chi connectivity index (χ4n) is 1.79. The third-order valence-corrected chi connectivity index (χ3v) is 2.78. The van der Waals surface area contributed by atoms with Crippen molar-refractivity contribution in [2.75, 3.05) is 13.2 Å². The highest BCUT2D eigenvalue weighted by atomic mass is 16.5. The van der Waals surface area contributed by atoms with Crippen LogP contribution in [0.15, 0.2) is 42.5 Å². The molecule has 0 radical (unpaired) electrons. The molecule has 1 N–H and O–H groups in total. The summed E-state index contributed by atoms with van der Waals surface area (Å²) in [5.74, 6) is 1.50. The Hall–Kier alpha value is -2.07. The van der Waals surface area contributed by atoms with Gasteiger partial charge < -0.3 is 14.6 Å². The highest BCUT2D eigenvalue weighted by Gasteiger charge is 2.04. The van der Waals surface area contributed by atoms with Gasteiger partial charge in [0.25, 0.3) is 0 Å². The number of aliphatic hydroxyl groups excluding tert-OH is 1. The fourth-order valence-corrected chi connectivity index (χ4v) is 1.79. The van der Waals surface area contributed by atoms with Gasteiger partial charge in [0.05, 0.1) is 19.8 Å². The zero-order valence-corrected chi connectivity index (χ0v) is 11.6. The van der Waals surface area contributed by atoms with Crippen molar-refractivity contribution < 1.29 is 14.6 Å². The van der Waals surface area contributed by atoms with Crippen LogP contribution >= 0.6 is 0 Å². The molecule has 4 heteroatoms. The normalized spacial score (nSPS) is 10.3. The summed E-state index contributed by atoms with van der Waals surface area (Å²) in [4.78, 5) is 4.23. The van der Waals surface area contributed by atoms with Gasteiger partial charge in [0.15, 0.2) is 0 Å². The maximum atomic E-state index is 9.23. The Balaban J connectivity index is 1.73. The molecule has 0 saturated carbocycles. The largest absolute Gasteiger partial charge is 0.493 e. The number of benzene rings is 1. The maximum Gasteiger partial charge on any atom is 0.143 e. The van der Waals surface area contributed by atoms with E-state index in [0.29, 0.717) is 24.7 Å². The van der Waals surface area contributed by atoms with Gasteiger partial charge in [-0.05, 0) is 31.2 Å². The minimum Gasteiger partial charge on any atom is -0.493 e. The predicted octanol–water partition coefficient (Wildman–Crippen LogP) is 2.73. The van der Waals surface area contributed by atoms with Crippen LogP contribution in [0.25, 0.3) is 0 Å². The van der Waals surface area contributed by atoms with E-state index >= 15 is 0 Å². The van der Waals surface area contributed by atoms with Crippen molar-refractivity contribution in [3.05, 3.63) is 53.9 Å². The summed E-state index contributed by atoms with van der Waals surface area (Å²) >= 11 is 0. The lowest BCUT2D eigenvalue weighted by Gasteiger charge is -2.10. The lowest BCUT2D eigenvalue weighted by molar-refractivity contribution is 0.233. The van der Waals surface area contributed by atoms with Crippen LogP contribution in [0.4, 0.5) is 0 Å². The van der Waals surface area contributed by atoms with Crippen LogP contribution in [0, 0.1) is 6.92 Å². The SMILES string of the molecule is Cc1ccc(OCCCOc2ccccc2)c(CO)n1. The molecule has 4 nitrogen and oxygen atoms in total. The Bertz CT molecular complexity index is 529. The molecule has 0 aliphatic carbocycles. The summed E-state index contributed by atoms with van der Waals surface area (Å²) in [7, 11) is 0. The second-order valence-electron chi connectivity index (χ2n) is 4.42. The number of hydrogen-bond acceptors (Lipinski definition) is 4. The fraction of sp³-hybridized carbons (Fsp3) is 0.312. The van der Waals surface area contributed by atoms with Gasteiger partial charge in [-0.1, -0.05) is 18.2 Å². The molecule has 0 amide bonds. The van der Waals surface area contributed by atoms with Crippen molar-refractivity contribution in [3.8, 4) is 11.5 Å². The first-order valence-corrected chi connectivity index (χ1v) is 6.67. The molecule has 0 saturated heterocycles. The first-order valence-electron chi connectivity index (χ1n) is 6.67. The molecule has 0 fully saturated rings. The van der Waals surface area contributed by atoms with E-state index in [1.807, 2.05) is 49.4 Å². The zero-order chi connectivity index (χ0) is 14.2. The number of aromatic nitrogens is 1. The maximum absolute atomic E-state index is 9.23. The van der Waals surface area contributed by atoms with E-state index in [4.69, 9.17) is 9.47 Å². The second kappa shape index (κ2) is 7.50. The van der Waals surface area contributed by atoms with Crippen molar-refractivity contribution in [1.29, 1.82) is 0 Å². The molecule has 2 rings (SSSR count). The molecule has 1 aromatic carbocycles. The van der Waals surface area contributed by atoms with Gasteiger partial charge in [-0.2, -0.15) is 0 Å². The van der Waals surface area contributed by atoms with Crippen molar-refractivity contribution in [1.82, 2.24) is 4.98 Å². The number of aryl methyl sites for hydroxylation is 1. The first kappa shape index (κ1) is 14.3. The van der Waals surface area contributed by atoms with Crippen LogP contribution in [-0.2, 0) is 6.61 Å². The van der Waals surface area contributed by atoms with E-state index in [1.54, 1.807) is 0 Å². The smallest absolute Gasteiger partial charge is 0.143 e. The average molecular weight is 273 g/mol. The zero-order valence-electron chi connectivity index (χ0n) is 11.6. The summed E-state index contributed by atoms with van der Waals surface area (Å²) in [5.41, 5.74) is 1.45. The predicted molar refractivity (Wildman–Crippen MR) is 76.9 cm³/mol. The van der Waals surface area contributed by atoms with Gasteiger partial charge >= 0.3 is 0 Å². The topological polar surface area (TPSA) is 51.6 Å². The Morgan fingerprint density at radius 1 is 1.00 bits per heavy atom. The molecule has 1 aromatic heterocycles. The van der Waals surface area contributed by atoms with Gasteiger partial charge in [-0.25, -0.2) is 0 Å². The molecule has 0 aliphatic rings. The van der Waals surface area contributed by atoms with E-state index in [2.05, 4.69) is 4.98 Å². The van der Waals surface area contributed by atoms with Crippen molar-refractivity contribution >= 4 is 0 Å². The molecule has 2 aromatic rings. The minimum absolute atomic E-state index is 0.114. The lowest BCUT2D eigenvalue weighted by atomic mass is 10.3. The summed E-state index contributed by atoms with van der Waals surface area (Å²) in [6.45, 7) is 2.90. The highest BCUT2D eigenvalue weighted by Crippen LogP contribution is 2.17. The van der Waals surface area contributed by atoms with E-state index in [0.717, 1.165) is 17.9 Å². The Labute approximate surface area is 119 Å². The van der Waals surface area contributed by atoms with E-state index < -0.39 is 0 Å². The number of rotatable bonds is 7. The molecule has 1 heterocycles. The first-order chi connectivity index (χ1) is 9.79. The summed E-state index contributed by atoms with van der Waals surface area (Å²) < 4.78 is 11.2. The molecule has 0 aliphatic heterocycles. The number of pyridine rings is 1. The summed E-state index contributed by atoms with van der Waals surface area (Å²) in [6.07, 6.45) is 0.771. The Kier molecular flexibility index (Phi) is 5.38. The van der Waals surface area contributed by atoms with Gasteiger partial charge in [-0.3, -0.25) is 4.98 Å². The molecule has 20 heavy (non-hydrogen) atoms. The van der Waals surface area contributed by atoms with Gasteiger partial charge in [0.1, 0.15) is 17.2 Å². The van der Waals surface area contributed by atoms with Crippen molar-refractivity contribution in [2.24, 2.45) is 0 Å². The average Bonchev–Trinajstić information content (AvgIpc) is 2.49. The highest BCUT2D eigenvalue weighted by molar-refractivity contribution is 5.28. The van der Waals surface area contributed by atoms with Crippen molar-refractivity contribution in [2.45, 2.75) is 20.0 Å². The second-order valence-corrected chi connectivity index (χ2v) is 4.42. The quantitative estimate of drug-likeness (QED) is 0.788. The van der Waals surface area contributed by atoms with Gasteiger partial charge in [0.2, 0.25) is 0 Å². The molecule has 0 unspecified atom stereocenters. The Morgan fingerprint density at radius 3 is 2.50 bits per heavy atom.